The second-order valence-electron chi connectivity index (χ2n) is 5.83. The van der Waals surface area contributed by atoms with E-state index in [2.05, 4.69) is 33.0 Å². The average Bonchev–Trinajstić information content (AvgIpc) is 2.92. The standard InChI is InChI=1S/C15H21BrN2O/c1-19-15-5-2-10(6-13(15)16)7-18-8-11-3-4-14(17)12(11)9-18/h2,5-6,11-12,14H,3-4,7-9,17H2,1H3. The smallest absolute Gasteiger partial charge is 0.133 e. The van der Waals surface area contributed by atoms with Gasteiger partial charge in [-0.2, -0.15) is 0 Å². The Morgan fingerprint density at radius 3 is 2.89 bits per heavy atom. The number of methoxy groups -OCH3 is 1. The lowest BCUT2D eigenvalue weighted by Gasteiger charge is -2.18. The largest absolute Gasteiger partial charge is 0.496 e. The molecule has 2 aliphatic rings. The fourth-order valence-corrected chi connectivity index (χ4v) is 4.18. The summed E-state index contributed by atoms with van der Waals surface area (Å²) >= 11 is 3.55. The lowest BCUT2D eigenvalue weighted by molar-refractivity contribution is 0.298. The zero-order valence-corrected chi connectivity index (χ0v) is 12.9. The first kappa shape index (κ1) is 13.4. The second-order valence-corrected chi connectivity index (χ2v) is 6.68. The lowest BCUT2D eigenvalue weighted by atomic mass is 9.98. The van der Waals surface area contributed by atoms with Gasteiger partial charge < -0.3 is 10.5 Å². The molecular formula is C15H21BrN2O. The van der Waals surface area contributed by atoms with E-state index in [4.69, 9.17) is 10.5 Å². The molecule has 1 heterocycles. The molecule has 104 valence electrons. The van der Waals surface area contributed by atoms with Gasteiger partial charge in [0.25, 0.3) is 0 Å². The van der Waals surface area contributed by atoms with Crippen molar-refractivity contribution in [3.8, 4) is 5.75 Å². The molecule has 1 aliphatic carbocycles. The van der Waals surface area contributed by atoms with E-state index in [-0.39, 0.29) is 0 Å². The molecule has 1 saturated heterocycles. The van der Waals surface area contributed by atoms with Crippen molar-refractivity contribution in [3.05, 3.63) is 28.2 Å². The zero-order chi connectivity index (χ0) is 13.4. The van der Waals surface area contributed by atoms with Crippen LogP contribution in [0.1, 0.15) is 18.4 Å². The fraction of sp³-hybridized carbons (Fsp3) is 0.600. The maximum Gasteiger partial charge on any atom is 0.133 e. The highest BCUT2D eigenvalue weighted by Gasteiger charge is 2.40. The van der Waals surface area contributed by atoms with Gasteiger partial charge in [0.05, 0.1) is 11.6 Å². The third-order valence-corrected chi connectivity index (χ3v) is 5.23. The van der Waals surface area contributed by atoms with Crippen LogP contribution in [-0.4, -0.2) is 31.1 Å². The number of halogens is 1. The van der Waals surface area contributed by atoms with Gasteiger partial charge in [-0.15, -0.1) is 0 Å². The Balaban J connectivity index is 1.65. The van der Waals surface area contributed by atoms with Crippen LogP contribution >= 0.6 is 15.9 Å². The number of hydrogen-bond donors (Lipinski definition) is 1. The number of ether oxygens (including phenoxy) is 1. The molecule has 19 heavy (non-hydrogen) atoms. The van der Waals surface area contributed by atoms with Gasteiger partial charge in [-0.3, -0.25) is 4.90 Å². The predicted molar refractivity (Wildman–Crippen MR) is 80.2 cm³/mol. The van der Waals surface area contributed by atoms with Crippen LogP contribution in [0.3, 0.4) is 0 Å². The Morgan fingerprint density at radius 2 is 2.21 bits per heavy atom. The topological polar surface area (TPSA) is 38.5 Å². The predicted octanol–water partition coefficient (Wildman–Crippen LogP) is 2.63. The molecule has 0 radical (unpaired) electrons. The van der Waals surface area contributed by atoms with E-state index >= 15 is 0 Å². The molecule has 0 aromatic heterocycles. The first-order valence-corrected chi connectivity index (χ1v) is 7.77. The van der Waals surface area contributed by atoms with Crippen LogP contribution in [-0.2, 0) is 6.54 Å². The highest BCUT2D eigenvalue weighted by Crippen LogP contribution is 2.37. The van der Waals surface area contributed by atoms with Crippen LogP contribution in [0.4, 0.5) is 0 Å². The molecule has 0 spiro atoms. The number of nitrogens with two attached hydrogens (primary N) is 1. The number of hydrogen-bond acceptors (Lipinski definition) is 3. The van der Waals surface area contributed by atoms with E-state index in [1.165, 1.54) is 24.9 Å². The Hall–Kier alpha value is -0.580. The summed E-state index contributed by atoms with van der Waals surface area (Å²) in [7, 11) is 1.70. The van der Waals surface area contributed by atoms with Crippen molar-refractivity contribution in [1.29, 1.82) is 0 Å². The van der Waals surface area contributed by atoms with Gasteiger partial charge >= 0.3 is 0 Å². The summed E-state index contributed by atoms with van der Waals surface area (Å²) in [6.07, 6.45) is 2.53. The summed E-state index contributed by atoms with van der Waals surface area (Å²) in [6, 6.07) is 6.77. The molecule has 3 atom stereocenters. The van der Waals surface area contributed by atoms with Crippen molar-refractivity contribution in [2.24, 2.45) is 17.6 Å². The van der Waals surface area contributed by atoms with E-state index in [1.54, 1.807) is 7.11 Å². The minimum atomic E-state index is 0.428. The first-order valence-electron chi connectivity index (χ1n) is 6.97. The van der Waals surface area contributed by atoms with Crippen molar-refractivity contribution < 1.29 is 4.74 Å². The minimum Gasteiger partial charge on any atom is -0.496 e. The molecule has 2 fully saturated rings. The molecule has 0 bridgehead atoms. The fourth-order valence-electron chi connectivity index (χ4n) is 3.60. The minimum absolute atomic E-state index is 0.428. The van der Waals surface area contributed by atoms with Gasteiger partial charge in [0.2, 0.25) is 0 Å². The molecule has 4 heteroatoms. The molecule has 0 amide bonds. The maximum absolute atomic E-state index is 6.19. The third kappa shape index (κ3) is 2.67. The van der Waals surface area contributed by atoms with Gasteiger partial charge in [-0.05, 0) is 58.3 Å². The number of fused-ring (bicyclic) bond motifs is 1. The molecule has 3 unspecified atom stereocenters. The monoisotopic (exact) mass is 324 g/mol. The van der Waals surface area contributed by atoms with Crippen molar-refractivity contribution in [2.45, 2.75) is 25.4 Å². The lowest BCUT2D eigenvalue weighted by Crippen LogP contribution is -2.30. The molecule has 2 N–H and O–H groups in total. The summed E-state index contributed by atoms with van der Waals surface area (Å²) in [6.45, 7) is 3.39. The summed E-state index contributed by atoms with van der Waals surface area (Å²) in [5, 5.41) is 0. The molecule has 1 aliphatic heterocycles. The van der Waals surface area contributed by atoms with Gasteiger partial charge in [-0.1, -0.05) is 6.07 Å². The third-order valence-electron chi connectivity index (χ3n) is 4.61. The number of benzene rings is 1. The van der Waals surface area contributed by atoms with Gasteiger partial charge in [0.1, 0.15) is 5.75 Å². The molecule has 1 aromatic carbocycles. The first-order chi connectivity index (χ1) is 9.17. The van der Waals surface area contributed by atoms with Crippen molar-refractivity contribution in [2.75, 3.05) is 20.2 Å². The van der Waals surface area contributed by atoms with E-state index in [1.807, 2.05) is 6.07 Å². The van der Waals surface area contributed by atoms with Crippen molar-refractivity contribution in [3.63, 3.8) is 0 Å². The second kappa shape index (κ2) is 5.43. The molecule has 3 nitrogen and oxygen atoms in total. The highest BCUT2D eigenvalue weighted by atomic mass is 79.9. The quantitative estimate of drug-likeness (QED) is 0.928. The average molecular weight is 325 g/mol. The van der Waals surface area contributed by atoms with Crippen LogP contribution in [0.2, 0.25) is 0 Å². The summed E-state index contributed by atoms with van der Waals surface area (Å²) < 4.78 is 6.30. The Morgan fingerprint density at radius 1 is 1.37 bits per heavy atom. The highest BCUT2D eigenvalue weighted by molar-refractivity contribution is 9.10. The Kier molecular flexibility index (Phi) is 3.83. The number of rotatable bonds is 3. The maximum atomic E-state index is 6.19. The van der Waals surface area contributed by atoms with Gasteiger partial charge in [-0.25, -0.2) is 0 Å². The Labute approximate surface area is 123 Å². The van der Waals surface area contributed by atoms with Gasteiger partial charge in [0, 0.05) is 25.7 Å². The van der Waals surface area contributed by atoms with Gasteiger partial charge in [0.15, 0.2) is 0 Å². The summed E-state index contributed by atoms with van der Waals surface area (Å²) in [5.41, 5.74) is 7.52. The number of nitrogens with zero attached hydrogens (tertiary/aromatic N) is 1. The Bertz CT molecular complexity index is 465. The molecule has 1 aromatic rings. The van der Waals surface area contributed by atoms with E-state index in [0.29, 0.717) is 6.04 Å². The van der Waals surface area contributed by atoms with E-state index < -0.39 is 0 Å². The SMILES string of the molecule is COc1ccc(CN2CC3CCC(N)C3C2)cc1Br. The number of likely N-dealkylation sites (tertiary alicyclic amines) is 1. The van der Waals surface area contributed by atoms with E-state index in [9.17, 15) is 0 Å². The van der Waals surface area contributed by atoms with Crippen LogP contribution in [0, 0.1) is 11.8 Å². The van der Waals surface area contributed by atoms with Crippen LogP contribution in [0.5, 0.6) is 5.75 Å². The summed E-state index contributed by atoms with van der Waals surface area (Å²) in [5.74, 6) is 2.45. The summed E-state index contributed by atoms with van der Waals surface area (Å²) in [4.78, 5) is 2.54. The van der Waals surface area contributed by atoms with Crippen LogP contribution in [0.15, 0.2) is 22.7 Å². The van der Waals surface area contributed by atoms with Crippen molar-refractivity contribution in [1.82, 2.24) is 4.90 Å². The molecule has 3 rings (SSSR count). The van der Waals surface area contributed by atoms with E-state index in [0.717, 1.165) is 35.1 Å². The van der Waals surface area contributed by atoms with Crippen LogP contribution < -0.4 is 10.5 Å². The van der Waals surface area contributed by atoms with Crippen molar-refractivity contribution >= 4 is 15.9 Å². The molecular weight excluding hydrogens is 304 g/mol. The van der Waals surface area contributed by atoms with Crippen LogP contribution in [0.25, 0.3) is 0 Å². The normalized spacial score (nSPS) is 30.6. The zero-order valence-electron chi connectivity index (χ0n) is 11.3. The molecule has 1 saturated carbocycles.